The summed E-state index contributed by atoms with van der Waals surface area (Å²) in [5.41, 5.74) is 1.83. The number of nitrogens with zero attached hydrogens (tertiary/aromatic N) is 1. The fourth-order valence-corrected chi connectivity index (χ4v) is 2.94. The van der Waals surface area contributed by atoms with Crippen molar-refractivity contribution in [1.82, 2.24) is 4.90 Å². The number of halogens is 1. The smallest absolute Gasteiger partial charge is 0.219 e. The molecular weight excluding hydrogens is 265 g/mol. The Hall–Kier alpha value is -1.38. The molecule has 1 aromatic rings. The minimum Gasteiger partial charge on any atom is -0.343 e. The summed E-state index contributed by atoms with van der Waals surface area (Å²) in [4.78, 5) is 13.2. The Morgan fingerprint density at radius 3 is 2.38 bits per heavy atom. The van der Waals surface area contributed by atoms with Gasteiger partial charge in [0.2, 0.25) is 5.91 Å². The molecule has 0 spiro atoms. The summed E-state index contributed by atoms with van der Waals surface area (Å²) < 4.78 is 14.3. The third kappa shape index (κ3) is 4.05. The van der Waals surface area contributed by atoms with E-state index in [0.29, 0.717) is 5.92 Å². The van der Waals surface area contributed by atoms with Crippen molar-refractivity contribution >= 4 is 5.91 Å². The average Bonchev–Trinajstić information content (AvgIpc) is 2.40. The number of rotatable bonds is 2. The van der Waals surface area contributed by atoms with Crippen molar-refractivity contribution in [3.63, 3.8) is 0 Å². The van der Waals surface area contributed by atoms with Crippen molar-refractivity contribution < 1.29 is 9.18 Å². The van der Waals surface area contributed by atoms with Gasteiger partial charge < -0.3 is 4.90 Å². The van der Waals surface area contributed by atoms with Gasteiger partial charge in [-0.2, -0.15) is 0 Å². The normalized spacial score (nSPS) is 17.1. The SMILES string of the molecule is CC(=O)N1CCC(Cc2ccc(C(C)(C)C)cc2F)CC1. The molecule has 0 saturated carbocycles. The Morgan fingerprint density at radius 1 is 1.29 bits per heavy atom. The molecule has 3 heteroatoms. The van der Waals surface area contributed by atoms with E-state index in [1.807, 2.05) is 17.0 Å². The second-order valence-electron chi connectivity index (χ2n) is 7.21. The molecule has 0 N–H and O–H groups in total. The van der Waals surface area contributed by atoms with Crippen molar-refractivity contribution in [2.75, 3.05) is 13.1 Å². The van der Waals surface area contributed by atoms with Gasteiger partial charge in [-0.25, -0.2) is 4.39 Å². The Bertz CT molecular complexity index is 510. The van der Waals surface area contributed by atoms with E-state index in [9.17, 15) is 9.18 Å². The first-order valence-electron chi connectivity index (χ1n) is 7.82. The van der Waals surface area contributed by atoms with E-state index < -0.39 is 0 Å². The van der Waals surface area contributed by atoms with E-state index in [1.165, 1.54) is 0 Å². The number of benzene rings is 1. The molecule has 2 nitrogen and oxygen atoms in total. The molecule has 0 unspecified atom stereocenters. The molecule has 0 atom stereocenters. The monoisotopic (exact) mass is 291 g/mol. The highest BCUT2D eigenvalue weighted by atomic mass is 19.1. The lowest BCUT2D eigenvalue weighted by Gasteiger charge is -2.31. The third-order valence-corrected chi connectivity index (χ3v) is 4.49. The van der Waals surface area contributed by atoms with Gasteiger partial charge in [-0.15, -0.1) is 0 Å². The predicted octanol–water partition coefficient (Wildman–Crippen LogP) is 3.92. The lowest BCUT2D eigenvalue weighted by atomic mass is 9.84. The second-order valence-corrected chi connectivity index (χ2v) is 7.21. The highest BCUT2D eigenvalue weighted by Crippen LogP contribution is 2.27. The van der Waals surface area contributed by atoms with E-state index in [1.54, 1.807) is 13.0 Å². The van der Waals surface area contributed by atoms with Crippen LogP contribution >= 0.6 is 0 Å². The average molecular weight is 291 g/mol. The lowest BCUT2D eigenvalue weighted by molar-refractivity contribution is -0.130. The molecule has 1 saturated heterocycles. The highest BCUT2D eigenvalue weighted by molar-refractivity contribution is 5.73. The first-order valence-corrected chi connectivity index (χ1v) is 7.82. The van der Waals surface area contributed by atoms with Gasteiger partial charge in [0, 0.05) is 20.0 Å². The van der Waals surface area contributed by atoms with E-state index in [-0.39, 0.29) is 17.1 Å². The molecule has 1 aliphatic rings. The molecule has 1 aromatic carbocycles. The van der Waals surface area contributed by atoms with Crippen molar-refractivity contribution in [2.45, 2.75) is 52.4 Å². The fourth-order valence-electron chi connectivity index (χ4n) is 2.94. The number of carbonyl (C=O) groups is 1. The molecule has 0 aromatic heterocycles. The van der Waals surface area contributed by atoms with Crippen LogP contribution in [0.25, 0.3) is 0 Å². The minimum absolute atomic E-state index is 0.0216. The van der Waals surface area contributed by atoms with Gasteiger partial charge in [-0.1, -0.05) is 32.9 Å². The predicted molar refractivity (Wildman–Crippen MR) is 83.8 cm³/mol. The Morgan fingerprint density at radius 2 is 1.90 bits per heavy atom. The number of amides is 1. The third-order valence-electron chi connectivity index (χ3n) is 4.49. The number of piperidine rings is 1. The molecule has 21 heavy (non-hydrogen) atoms. The largest absolute Gasteiger partial charge is 0.343 e. The molecule has 2 rings (SSSR count). The van der Waals surface area contributed by atoms with Crippen LogP contribution in [0.3, 0.4) is 0 Å². The first-order chi connectivity index (χ1) is 9.77. The van der Waals surface area contributed by atoms with Crippen molar-refractivity contribution in [2.24, 2.45) is 5.92 Å². The number of carbonyl (C=O) groups excluding carboxylic acids is 1. The maximum Gasteiger partial charge on any atom is 0.219 e. The van der Waals surface area contributed by atoms with Gasteiger partial charge in [-0.3, -0.25) is 4.79 Å². The summed E-state index contributed by atoms with van der Waals surface area (Å²) >= 11 is 0. The van der Waals surface area contributed by atoms with Crippen LogP contribution in [0.4, 0.5) is 4.39 Å². The Kier molecular flexibility index (Phi) is 4.70. The molecule has 1 amide bonds. The highest BCUT2D eigenvalue weighted by Gasteiger charge is 2.22. The van der Waals surface area contributed by atoms with Crippen LogP contribution in [0.1, 0.15) is 51.7 Å². The standard InChI is InChI=1S/C18H26FNO/c1-13(21)20-9-7-14(8-10-20)11-15-5-6-16(12-17(15)19)18(2,3)4/h5-6,12,14H,7-11H2,1-4H3. The maximum atomic E-state index is 14.3. The van der Waals surface area contributed by atoms with Crippen molar-refractivity contribution in [3.05, 3.63) is 35.1 Å². The van der Waals surface area contributed by atoms with Crippen LogP contribution in [-0.2, 0) is 16.6 Å². The van der Waals surface area contributed by atoms with Gasteiger partial charge in [0.15, 0.2) is 0 Å². The van der Waals surface area contributed by atoms with Crippen LogP contribution in [0, 0.1) is 11.7 Å². The lowest BCUT2D eigenvalue weighted by Crippen LogP contribution is -2.37. The van der Waals surface area contributed by atoms with E-state index in [2.05, 4.69) is 20.8 Å². The minimum atomic E-state index is -0.0866. The van der Waals surface area contributed by atoms with Crippen LogP contribution < -0.4 is 0 Å². The van der Waals surface area contributed by atoms with Crippen LogP contribution in [0.2, 0.25) is 0 Å². The van der Waals surface area contributed by atoms with Gasteiger partial charge in [0.1, 0.15) is 5.82 Å². The zero-order chi connectivity index (χ0) is 15.6. The molecule has 1 heterocycles. The molecule has 1 fully saturated rings. The molecule has 0 bridgehead atoms. The van der Waals surface area contributed by atoms with E-state index >= 15 is 0 Å². The topological polar surface area (TPSA) is 20.3 Å². The molecule has 116 valence electrons. The van der Waals surface area contributed by atoms with Gasteiger partial charge in [0.25, 0.3) is 0 Å². The summed E-state index contributed by atoms with van der Waals surface area (Å²) in [7, 11) is 0. The number of hydrogen-bond acceptors (Lipinski definition) is 1. The molecule has 0 aliphatic carbocycles. The fraction of sp³-hybridized carbons (Fsp3) is 0.611. The number of likely N-dealkylation sites (tertiary alicyclic amines) is 1. The molecule has 1 aliphatic heterocycles. The summed E-state index contributed by atoms with van der Waals surface area (Å²) in [5, 5.41) is 0. The molecular formula is C18H26FNO. The zero-order valence-corrected chi connectivity index (χ0v) is 13.6. The number of hydrogen-bond donors (Lipinski definition) is 0. The van der Waals surface area contributed by atoms with Gasteiger partial charge >= 0.3 is 0 Å². The van der Waals surface area contributed by atoms with Crippen LogP contribution in [0.15, 0.2) is 18.2 Å². The summed E-state index contributed by atoms with van der Waals surface area (Å²) in [6, 6.07) is 5.66. The van der Waals surface area contributed by atoms with Gasteiger partial charge in [0.05, 0.1) is 0 Å². The van der Waals surface area contributed by atoms with Crippen LogP contribution in [0.5, 0.6) is 0 Å². The quantitative estimate of drug-likeness (QED) is 0.808. The first kappa shape index (κ1) is 16.0. The molecule has 0 radical (unpaired) electrons. The van der Waals surface area contributed by atoms with E-state index in [4.69, 9.17) is 0 Å². The summed E-state index contributed by atoms with van der Waals surface area (Å²) in [5.74, 6) is 0.543. The Balaban J connectivity index is 2.00. The Labute approximate surface area is 127 Å². The van der Waals surface area contributed by atoms with Crippen LogP contribution in [-0.4, -0.2) is 23.9 Å². The van der Waals surface area contributed by atoms with Gasteiger partial charge in [-0.05, 0) is 47.8 Å². The van der Waals surface area contributed by atoms with Crippen molar-refractivity contribution in [3.8, 4) is 0 Å². The summed E-state index contributed by atoms with van der Waals surface area (Å²) in [6.07, 6.45) is 2.72. The zero-order valence-electron chi connectivity index (χ0n) is 13.6. The van der Waals surface area contributed by atoms with Crippen molar-refractivity contribution in [1.29, 1.82) is 0 Å². The maximum absolute atomic E-state index is 14.3. The second kappa shape index (κ2) is 6.17. The summed E-state index contributed by atoms with van der Waals surface area (Å²) in [6.45, 7) is 9.52. The van der Waals surface area contributed by atoms with E-state index in [0.717, 1.165) is 43.5 Å².